The summed E-state index contributed by atoms with van der Waals surface area (Å²) in [7, 11) is 0. The minimum absolute atomic E-state index is 0.112. The van der Waals surface area contributed by atoms with Crippen molar-refractivity contribution in [3.05, 3.63) is 45.5 Å². The third-order valence-electron chi connectivity index (χ3n) is 2.88. The molecule has 1 unspecified atom stereocenters. The minimum Gasteiger partial charge on any atom is -0.388 e. The van der Waals surface area contributed by atoms with Gasteiger partial charge in [-0.15, -0.1) is 0 Å². The monoisotopic (exact) mass is 315 g/mol. The van der Waals surface area contributed by atoms with Crippen LogP contribution >= 0.6 is 23.2 Å². The second-order valence-electron chi connectivity index (χ2n) is 4.86. The van der Waals surface area contributed by atoms with Crippen molar-refractivity contribution in [2.24, 2.45) is 5.73 Å². The molecule has 0 spiro atoms. The van der Waals surface area contributed by atoms with Gasteiger partial charge < -0.3 is 15.4 Å². The molecule has 0 fully saturated rings. The molecule has 1 aromatic heterocycles. The quantitative estimate of drug-likeness (QED) is 0.883. The highest BCUT2D eigenvalue weighted by atomic mass is 35.5. The van der Waals surface area contributed by atoms with Crippen LogP contribution in [-0.2, 0) is 12.8 Å². The van der Waals surface area contributed by atoms with Crippen LogP contribution in [-0.4, -0.2) is 27.4 Å². The molecule has 0 bridgehead atoms. The summed E-state index contributed by atoms with van der Waals surface area (Å²) in [5.74, 6) is 0.793. The first-order chi connectivity index (χ1) is 9.41. The average molecular weight is 316 g/mol. The minimum atomic E-state index is -1.06. The number of nitrogens with zero attached hydrogens (tertiary/aromatic N) is 2. The third kappa shape index (κ3) is 3.70. The van der Waals surface area contributed by atoms with Gasteiger partial charge in [0, 0.05) is 23.0 Å². The maximum absolute atomic E-state index is 9.87. The maximum atomic E-state index is 9.87. The van der Waals surface area contributed by atoms with E-state index in [1.165, 1.54) is 0 Å². The molecule has 7 heteroatoms. The summed E-state index contributed by atoms with van der Waals surface area (Å²) >= 11 is 12.2. The summed E-state index contributed by atoms with van der Waals surface area (Å²) < 4.78 is 5.09. The standard InChI is InChI=1S/C13H15Cl2N3O2/c1-13(19,7-16)6-12-17-11(18-20-12)5-8-9(14)3-2-4-10(8)15/h2-4,19H,5-7,16H2,1H3. The average Bonchev–Trinajstić information content (AvgIpc) is 2.81. The number of rotatable bonds is 5. The van der Waals surface area contributed by atoms with Crippen LogP contribution in [0.2, 0.25) is 10.0 Å². The Bertz CT molecular complexity index is 579. The lowest BCUT2D eigenvalue weighted by Crippen LogP contribution is -2.36. The highest BCUT2D eigenvalue weighted by Crippen LogP contribution is 2.26. The first-order valence-corrected chi connectivity index (χ1v) is 6.84. The molecule has 1 aromatic carbocycles. The number of aliphatic hydroxyl groups is 1. The van der Waals surface area contributed by atoms with Crippen molar-refractivity contribution in [1.82, 2.24) is 10.1 Å². The van der Waals surface area contributed by atoms with Gasteiger partial charge in [0.2, 0.25) is 5.89 Å². The number of hydrogen-bond donors (Lipinski definition) is 2. The summed E-state index contributed by atoms with van der Waals surface area (Å²) in [4.78, 5) is 4.21. The zero-order valence-corrected chi connectivity index (χ0v) is 12.4. The molecule has 0 aliphatic heterocycles. The van der Waals surface area contributed by atoms with Crippen molar-refractivity contribution in [3.8, 4) is 0 Å². The fourth-order valence-electron chi connectivity index (χ4n) is 1.69. The van der Waals surface area contributed by atoms with E-state index in [0.717, 1.165) is 5.56 Å². The molecule has 0 aliphatic carbocycles. The first-order valence-electron chi connectivity index (χ1n) is 6.08. The van der Waals surface area contributed by atoms with Gasteiger partial charge >= 0.3 is 0 Å². The molecule has 20 heavy (non-hydrogen) atoms. The van der Waals surface area contributed by atoms with E-state index in [1.54, 1.807) is 25.1 Å². The lowest BCUT2D eigenvalue weighted by atomic mass is 10.0. The molecule has 0 amide bonds. The van der Waals surface area contributed by atoms with E-state index in [-0.39, 0.29) is 13.0 Å². The second-order valence-corrected chi connectivity index (χ2v) is 5.67. The zero-order chi connectivity index (χ0) is 14.8. The highest BCUT2D eigenvalue weighted by molar-refractivity contribution is 6.36. The predicted molar refractivity (Wildman–Crippen MR) is 76.9 cm³/mol. The molecule has 1 heterocycles. The largest absolute Gasteiger partial charge is 0.388 e. The van der Waals surface area contributed by atoms with Gasteiger partial charge in [-0.3, -0.25) is 0 Å². The Hall–Kier alpha value is -1.14. The summed E-state index contributed by atoms with van der Waals surface area (Å²) in [6.07, 6.45) is 0.569. The fourth-order valence-corrected chi connectivity index (χ4v) is 2.22. The van der Waals surface area contributed by atoms with Gasteiger partial charge in [-0.1, -0.05) is 34.4 Å². The number of aromatic nitrogens is 2. The van der Waals surface area contributed by atoms with E-state index in [9.17, 15) is 5.11 Å². The van der Waals surface area contributed by atoms with Crippen LogP contribution in [0.3, 0.4) is 0 Å². The van der Waals surface area contributed by atoms with Crippen LogP contribution in [0.25, 0.3) is 0 Å². The van der Waals surface area contributed by atoms with Gasteiger partial charge in [0.1, 0.15) is 0 Å². The van der Waals surface area contributed by atoms with E-state index < -0.39 is 5.60 Å². The van der Waals surface area contributed by atoms with E-state index >= 15 is 0 Å². The zero-order valence-electron chi connectivity index (χ0n) is 10.9. The third-order valence-corrected chi connectivity index (χ3v) is 3.59. The van der Waals surface area contributed by atoms with E-state index in [1.807, 2.05) is 0 Å². The number of benzene rings is 1. The summed E-state index contributed by atoms with van der Waals surface area (Å²) in [5, 5.41) is 14.8. The molecule has 0 saturated carbocycles. The molecule has 2 rings (SSSR count). The molecular weight excluding hydrogens is 301 g/mol. The molecule has 0 aliphatic rings. The van der Waals surface area contributed by atoms with Crippen LogP contribution in [0.1, 0.15) is 24.2 Å². The van der Waals surface area contributed by atoms with Crippen molar-refractivity contribution in [1.29, 1.82) is 0 Å². The highest BCUT2D eigenvalue weighted by Gasteiger charge is 2.23. The molecule has 108 valence electrons. The summed E-state index contributed by atoms with van der Waals surface area (Å²) in [6, 6.07) is 5.28. The topological polar surface area (TPSA) is 85.2 Å². The maximum Gasteiger partial charge on any atom is 0.229 e. The second kappa shape index (κ2) is 6.10. The summed E-state index contributed by atoms with van der Waals surface area (Å²) in [6.45, 7) is 1.73. The van der Waals surface area contributed by atoms with Gasteiger partial charge in [0.15, 0.2) is 5.82 Å². The molecular formula is C13H15Cl2N3O2. The Morgan fingerprint density at radius 3 is 2.60 bits per heavy atom. The Morgan fingerprint density at radius 1 is 1.35 bits per heavy atom. The normalized spacial score (nSPS) is 14.2. The van der Waals surface area contributed by atoms with Crippen molar-refractivity contribution >= 4 is 23.2 Å². The lowest BCUT2D eigenvalue weighted by Gasteiger charge is -2.17. The Balaban J connectivity index is 2.14. The van der Waals surface area contributed by atoms with Crippen LogP contribution in [0.15, 0.2) is 22.7 Å². The molecule has 5 nitrogen and oxygen atoms in total. The van der Waals surface area contributed by atoms with Crippen molar-refractivity contribution < 1.29 is 9.63 Å². The molecule has 0 radical (unpaired) electrons. The van der Waals surface area contributed by atoms with Gasteiger partial charge in [-0.25, -0.2) is 0 Å². The van der Waals surface area contributed by atoms with Gasteiger partial charge in [-0.2, -0.15) is 4.98 Å². The molecule has 1 atom stereocenters. The number of nitrogens with two attached hydrogens (primary N) is 1. The van der Waals surface area contributed by atoms with Crippen molar-refractivity contribution in [2.45, 2.75) is 25.4 Å². The smallest absolute Gasteiger partial charge is 0.229 e. The van der Waals surface area contributed by atoms with E-state index in [4.69, 9.17) is 33.5 Å². The SMILES string of the molecule is CC(O)(CN)Cc1nc(Cc2c(Cl)cccc2Cl)no1. The summed E-state index contributed by atoms with van der Waals surface area (Å²) in [5.41, 5.74) is 5.13. The van der Waals surface area contributed by atoms with Crippen molar-refractivity contribution in [3.63, 3.8) is 0 Å². The Morgan fingerprint density at radius 2 is 2.00 bits per heavy atom. The fraction of sp³-hybridized carbons (Fsp3) is 0.385. The van der Waals surface area contributed by atoms with Gasteiger partial charge in [0.05, 0.1) is 12.0 Å². The first kappa shape index (κ1) is 15.3. The predicted octanol–water partition coefficient (Wildman–Crippen LogP) is 2.22. The number of halogens is 2. The lowest BCUT2D eigenvalue weighted by molar-refractivity contribution is 0.0610. The molecule has 2 aromatic rings. The molecule has 0 saturated heterocycles. The van der Waals surface area contributed by atoms with Crippen LogP contribution in [0, 0.1) is 0 Å². The Kier molecular flexibility index (Phi) is 4.65. The van der Waals surface area contributed by atoms with Gasteiger partial charge in [0.25, 0.3) is 0 Å². The van der Waals surface area contributed by atoms with E-state index in [2.05, 4.69) is 10.1 Å². The van der Waals surface area contributed by atoms with Gasteiger partial charge in [-0.05, 0) is 24.6 Å². The van der Waals surface area contributed by atoms with Crippen LogP contribution in [0.4, 0.5) is 0 Å². The molecule has 3 N–H and O–H groups in total. The van der Waals surface area contributed by atoms with Crippen molar-refractivity contribution in [2.75, 3.05) is 6.54 Å². The van der Waals surface area contributed by atoms with Crippen LogP contribution in [0.5, 0.6) is 0 Å². The van der Waals surface area contributed by atoms with E-state index in [0.29, 0.717) is 28.2 Å². The number of hydrogen-bond acceptors (Lipinski definition) is 5. The Labute approximate surface area is 126 Å². The van der Waals surface area contributed by atoms with Crippen LogP contribution < -0.4 is 5.73 Å².